The number of nitrogens with one attached hydrogen (secondary N) is 1. The highest BCUT2D eigenvalue weighted by atomic mass is 16.5. The van der Waals surface area contributed by atoms with Crippen molar-refractivity contribution in [1.82, 2.24) is 14.9 Å². The number of aliphatic hydroxyl groups excluding tert-OH is 1. The number of aliphatic hydroxyl groups is 2. The Kier molecular flexibility index (Phi) is 7.21. The van der Waals surface area contributed by atoms with Crippen molar-refractivity contribution in [2.75, 3.05) is 6.61 Å². The fraction of sp³-hybridized carbons (Fsp3) is 0.394. The molecule has 41 heavy (non-hydrogen) atoms. The van der Waals surface area contributed by atoms with Crippen LogP contribution in [0.2, 0.25) is 0 Å². The lowest BCUT2D eigenvalue weighted by Crippen LogP contribution is -2.58. The standard InChI is InChI=1S/C33H37N3O5/c1-32(2,39)21-40-28-10-11-30-25(18-34-36(30)19-28)13-31(38)35-26-14-33(15-26)16-29(17-33)41-27-8-6-23(7-9-27)24-5-3-4-22(12-24)20-37/h3-12,18-19,26,29,37,39H,13-17,20-21H2,1-2H3,(H,35,38). The lowest BCUT2D eigenvalue weighted by Gasteiger charge is -2.57. The van der Waals surface area contributed by atoms with Gasteiger partial charge in [0.05, 0.1) is 42.6 Å². The maximum atomic E-state index is 12.8. The average molecular weight is 556 g/mol. The van der Waals surface area contributed by atoms with E-state index in [-0.39, 0.29) is 43.1 Å². The van der Waals surface area contributed by atoms with Crippen molar-refractivity contribution < 1.29 is 24.5 Å². The minimum atomic E-state index is -0.919. The number of rotatable bonds is 10. The van der Waals surface area contributed by atoms with E-state index in [0.29, 0.717) is 5.75 Å². The molecule has 8 heteroatoms. The molecule has 6 rings (SSSR count). The zero-order valence-corrected chi connectivity index (χ0v) is 23.5. The van der Waals surface area contributed by atoms with E-state index < -0.39 is 5.60 Å². The van der Waals surface area contributed by atoms with Crippen molar-refractivity contribution in [3.8, 4) is 22.6 Å². The van der Waals surface area contributed by atoms with Gasteiger partial charge in [-0.1, -0.05) is 30.3 Å². The molecule has 2 aromatic carbocycles. The quantitative estimate of drug-likeness (QED) is 0.262. The number of carbonyl (C=O) groups excluding carboxylic acids is 1. The molecule has 0 radical (unpaired) electrons. The van der Waals surface area contributed by atoms with E-state index in [0.717, 1.165) is 59.2 Å². The molecule has 0 aliphatic heterocycles. The van der Waals surface area contributed by atoms with Crippen LogP contribution in [0.4, 0.5) is 0 Å². The minimum Gasteiger partial charge on any atom is -0.490 e. The molecule has 2 heterocycles. The smallest absolute Gasteiger partial charge is 0.224 e. The molecule has 0 saturated heterocycles. The Bertz CT molecular complexity index is 1520. The van der Waals surface area contributed by atoms with E-state index >= 15 is 0 Å². The number of fused-ring (bicyclic) bond motifs is 1. The third kappa shape index (κ3) is 6.24. The van der Waals surface area contributed by atoms with Gasteiger partial charge in [-0.2, -0.15) is 5.10 Å². The van der Waals surface area contributed by atoms with Gasteiger partial charge in [0, 0.05) is 11.6 Å². The van der Waals surface area contributed by atoms with Gasteiger partial charge >= 0.3 is 0 Å². The van der Waals surface area contributed by atoms with E-state index in [1.54, 1.807) is 30.8 Å². The molecule has 2 aromatic heterocycles. The third-order valence-corrected chi connectivity index (χ3v) is 8.16. The summed E-state index contributed by atoms with van der Waals surface area (Å²) >= 11 is 0. The van der Waals surface area contributed by atoms with Crippen LogP contribution >= 0.6 is 0 Å². The normalized spacial score (nSPS) is 21.8. The number of benzene rings is 2. The SMILES string of the molecule is CC(C)(O)COc1ccc2c(CC(=O)NC3CC4(C3)CC(Oc3ccc(-c5cccc(CO)c5)cc3)C4)cnn2c1. The molecule has 4 aromatic rings. The van der Waals surface area contributed by atoms with Gasteiger partial charge in [0.1, 0.15) is 18.1 Å². The van der Waals surface area contributed by atoms with Crippen LogP contribution in [0.25, 0.3) is 16.6 Å². The fourth-order valence-corrected chi connectivity index (χ4v) is 6.13. The molecule has 2 aliphatic carbocycles. The summed E-state index contributed by atoms with van der Waals surface area (Å²) in [6.07, 6.45) is 8.01. The lowest BCUT2D eigenvalue weighted by molar-refractivity contribution is -0.126. The van der Waals surface area contributed by atoms with Crippen molar-refractivity contribution in [1.29, 1.82) is 0 Å². The monoisotopic (exact) mass is 555 g/mol. The average Bonchev–Trinajstić information content (AvgIpc) is 3.31. The summed E-state index contributed by atoms with van der Waals surface area (Å²) in [7, 11) is 0. The summed E-state index contributed by atoms with van der Waals surface area (Å²) in [4.78, 5) is 12.8. The fourth-order valence-electron chi connectivity index (χ4n) is 6.13. The Morgan fingerprint density at radius 2 is 1.80 bits per heavy atom. The van der Waals surface area contributed by atoms with Gasteiger partial charge in [-0.25, -0.2) is 4.52 Å². The van der Waals surface area contributed by atoms with E-state index in [4.69, 9.17) is 9.47 Å². The Balaban J connectivity index is 0.944. The first kappa shape index (κ1) is 27.3. The summed E-state index contributed by atoms with van der Waals surface area (Å²) < 4.78 is 13.6. The van der Waals surface area contributed by atoms with Crippen LogP contribution in [-0.4, -0.2) is 50.1 Å². The maximum absolute atomic E-state index is 12.8. The molecule has 0 bridgehead atoms. The molecule has 0 atom stereocenters. The lowest BCUT2D eigenvalue weighted by atomic mass is 9.53. The Morgan fingerprint density at radius 3 is 2.54 bits per heavy atom. The van der Waals surface area contributed by atoms with Gasteiger partial charge in [0.15, 0.2) is 0 Å². The van der Waals surface area contributed by atoms with E-state index in [1.165, 1.54) is 0 Å². The van der Waals surface area contributed by atoms with E-state index in [1.807, 2.05) is 48.5 Å². The van der Waals surface area contributed by atoms with Crippen molar-refractivity contribution in [3.63, 3.8) is 0 Å². The zero-order chi connectivity index (χ0) is 28.6. The molecular formula is C33H37N3O5. The van der Waals surface area contributed by atoms with Crippen molar-refractivity contribution in [2.24, 2.45) is 5.41 Å². The molecule has 214 valence electrons. The highest BCUT2D eigenvalue weighted by Crippen LogP contribution is 2.56. The second-order valence-corrected chi connectivity index (χ2v) is 12.3. The van der Waals surface area contributed by atoms with Crippen LogP contribution in [0, 0.1) is 5.41 Å². The second kappa shape index (κ2) is 10.8. The minimum absolute atomic E-state index is 0.0128. The van der Waals surface area contributed by atoms with Gasteiger partial charge in [-0.3, -0.25) is 4.79 Å². The number of hydrogen-bond acceptors (Lipinski definition) is 6. The van der Waals surface area contributed by atoms with Gasteiger partial charge in [-0.05, 0) is 92.0 Å². The van der Waals surface area contributed by atoms with Gasteiger partial charge in [0.2, 0.25) is 5.91 Å². The molecule has 2 aliphatic rings. The Labute approximate surface area is 239 Å². The first-order valence-electron chi connectivity index (χ1n) is 14.2. The van der Waals surface area contributed by atoms with Gasteiger partial charge in [-0.15, -0.1) is 0 Å². The summed E-state index contributed by atoms with van der Waals surface area (Å²) in [6, 6.07) is 20.0. The maximum Gasteiger partial charge on any atom is 0.224 e. The summed E-state index contributed by atoms with van der Waals surface area (Å²) in [5, 5.41) is 26.8. The second-order valence-electron chi connectivity index (χ2n) is 12.3. The van der Waals surface area contributed by atoms with Crippen LogP contribution in [0.1, 0.15) is 50.7 Å². The zero-order valence-electron chi connectivity index (χ0n) is 23.5. The first-order chi connectivity index (χ1) is 19.7. The summed E-state index contributed by atoms with van der Waals surface area (Å²) in [5.74, 6) is 1.50. The Morgan fingerprint density at radius 1 is 1.05 bits per heavy atom. The summed E-state index contributed by atoms with van der Waals surface area (Å²) in [5.41, 5.74) is 4.19. The Hall–Kier alpha value is -3.88. The van der Waals surface area contributed by atoms with E-state index in [9.17, 15) is 15.0 Å². The van der Waals surface area contributed by atoms with Gasteiger partial charge in [0.25, 0.3) is 0 Å². The van der Waals surface area contributed by atoms with E-state index in [2.05, 4.69) is 22.5 Å². The number of ether oxygens (including phenoxy) is 2. The molecular weight excluding hydrogens is 518 g/mol. The van der Waals surface area contributed by atoms with Crippen LogP contribution in [-0.2, 0) is 17.8 Å². The molecule has 0 unspecified atom stereocenters. The third-order valence-electron chi connectivity index (χ3n) is 8.16. The number of nitrogens with zero attached hydrogens (tertiary/aromatic N) is 2. The van der Waals surface area contributed by atoms with Crippen LogP contribution < -0.4 is 14.8 Å². The topological polar surface area (TPSA) is 105 Å². The molecule has 1 spiro atoms. The summed E-state index contributed by atoms with van der Waals surface area (Å²) in [6.45, 7) is 3.60. The number of carbonyl (C=O) groups is 1. The number of hydrogen-bond donors (Lipinski definition) is 3. The van der Waals surface area contributed by atoms with Crippen LogP contribution in [0.15, 0.2) is 73.1 Å². The largest absolute Gasteiger partial charge is 0.490 e. The first-order valence-corrected chi connectivity index (χ1v) is 14.2. The predicted octanol–water partition coefficient (Wildman–Crippen LogP) is 4.69. The number of pyridine rings is 1. The molecule has 2 saturated carbocycles. The predicted molar refractivity (Wildman–Crippen MR) is 156 cm³/mol. The highest BCUT2D eigenvalue weighted by molar-refractivity contribution is 5.81. The van der Waals surface area contributed by atoms with Crippen molar-refractivity contribution in [2.45, 2.75) is 70.3 Å². The molecule has 3 N–H and O–H groups in total. The molecule has 8 nitrogen and oxygen atoms in total. The van der Waals surface area contributed by atoms with Gasteiger partial charge < -0.3 is 25.0 Å². The molecule has 2 fully saturated rings. The molecule has 1 amide bonds. The van der Waals surface area contributed by atoms with Crippen molar-refractivity contribution >= 4 is 11.4 Å². The van der Waals surface area contributed by atoms with Crippen molar-refractivity contribution in [3.05, 3.63) is 84.2 Å². The number of amides is 1. The number of aromatic nitrogens is 2. The highest BCUT2D eigenvalue weighted by Gasteiger charge is 2.54. The van der Waals surface area contributed by atoms with Crippen LogP contribution in [0.3, 0.4) is 0 Å². The van der Waals surface area contributed by atoms with Crippen LogP contribution in [0.5, 0.6) is 11.5 Å².